The lowest BCUT2D eigenvalue weighted by atomic mass is 9.96. The Hall–Kier alpha value is -1.02. The second-order valence-electron chi connectivity index (χ2n) is 6.41. The molecule has 0 bridgehead atoms. The van der Waals surface area contributed by atoms with Crippen LogP contribution in [-0.2, 0) is 31.6 Å². The number of ether oxygens (including phenoxy) is 1. The van der Waals surface area contributed by atoms with Crippen molar-refractivity contribution < 1.29 is 55.5 Å². The average molecular weight is 497 g/mol. The Labute approximate surface area is 168 Å². The predicted octanol–water partition coefficient (Wildman–Crippen LogP) is 0.432. The fraction of sp³-hybridized carbons (Fsp3) is 0.636. The van der Waals surface area contributed by atoms with Crippen molar-refractivity contribution in [1.82, 2.24) is 9.55 Å². The number of nitrogen functional groups attached to an aromatic ring is 1. The number of hydrogen-bond donors (Lipinski definition) is 5. The Kier molecular flexibility index (Phi) is 7.44. The van der Waals surface area contributed by atoms with Crippen LogP contribution in [0.2, 0.25) is 0 Å². The maximum absolute atomic E-state index is 13.7. The Morgan fingerprint density at radius 2 is 1.93 bits per heavy atom. The van der Waals surface area contributed by atoms with Gasteiger partial charge in [-0.1, -0.05) is 6.92 Å². The molecular weight excluding hydrogens is 478 g/mol. The summed E-state index contributed by atoms with van der Waals surface area (Å²) in [6, 6.07) is 1.30. The van der Waals surface area contributed by atoms with Crippen LogP contribution in [0.25, 0.3) is 0 Å². The number of nitrogens with two attached hydrogens (primary N) is 1. The van der Waals surface area contributed by atoms with Crippen LogP contribution in [-0.4, -0.2) is 48.0 Å². The van der Waals surface area contributed by atoms with Gasteiger partial charge in [0.2, 0.25) is 0 Å². The van der Waals surface area contributed by atoms with Crippen LogP contribution in [0.5, 0.6) is 0 Å². The number of anilines is 1. The molecule has 0 saturated carbocycles. The molecule has 0 aliphatic carbocycles. The van der Waals surface area contributed by atoms with Crippen LogP contribution >= 0.6 is 23.5 Å². The maximum atomic E-state index is 13.7. The van der Waals surface area contributed by atoms with E-state index in [0.717, 1.165) is 4.57 Å². The second-order valence-corrected chi connectivity index (χ2v) is 10.8. The van der Waals surface area contributed by atoms with E-state index in [1.54, 1.807) is 6.92 Å². The summed E-state index contributed by atoms with van der Waals surface area (Å²) in [4.78, 5) is 51.2. The molecule has 0 aromatic carbocycles. The summed E-state index contributed by atoms with van der Waals surface area (Å²) < 4.78 is 65.7. The van der Waals surface area contributed by atoms with E-state index in [0.29, 0.717) is 0 Å². The SMILES string of the molecule is C[C@H]1C[C@@](CF)(COP(=O)(O)OP(=O)(O)OP(=O)(O)O)OC1n1ccc(N)nc1=O. The molecule has 172 valence electrons. The normalized spacial score (nSPS) is 28.7. The van der Waals surface area contributed by atoms with E-state index in [1.165, 1.54) is 12.3 Å². The molecule has 0 radical (unpaired) electrons. The maximum Gasteiger partial charge on any atom is 0.490 e. The summed E-state index contributed by atoms with van der Waals surface area (Å²) in [7, 11) is -16.7. The van der Waals surface area contributed by atoms with Crippen LogP contribution in [0.15, 0.2) is 17.1 Å². The van der Waals surface area contributed by atoms with Crippen molar-refractivity contribution in [2.24, 2.45) is 5.92 Å². The molecule has 15 nitrogen and oxygen atoms in total. The van der Waals surface area contributed by atoms with Crippen molar-refractivity contribution in [2.75, 3.05) is 19.0 Å². The summed E-state index contributed by atoms with van der Waals surface area (Å²) >= 11 is 0. The lowest BCUT2D eigenvalue weighted by Crippen LogP contribution is -2.38. The third kappa shape index (κ3) is 6.74. The highest BCUT2D eigenvalue weighted by atomic mass is 31.3. The molecule has 5 atom stereocenters. The molecule has 1 aliphatic rings. The summed E-state index contributed by atoms with van der Waals surface area (Å²) in [5, 5.41) is 0. The first-order valence-corrected chi connectivity index (χ1v) is 12.5. The third-order valence-electron chi connectivity index (χ3n) is 3.83. The standard InChI is InChI=1S/C11H19FN3O12P3/c1-7-4-11(5-12,25-9(7)15-3-2-8(13)14-10(15)16)6-24-29(20,21)27-30(22,23)26-28(17,18)19/h2-3,7,9H,4-6H2,1H3,(H,20,21)(H,22,23)(H2,13,14,16)(H2,17,18,19)/t7-,9?,11+/m0/s1. The lowest BCUT2D eigenvalue weighted by Gasteiger charge is -2.27. The molecule has 1 aliphatic heterocycles. The molecule has 0 spiro atoms. The number of aromatic nitrogens is 2. The van der Waals surface area contributed by atoms with Crippen LogP contribution < -0.4 is 11.4 Å². The predicted molar refractivity (Wildman–Crippen MR) is 95.3 cm³/mol. The van der Waals surface area contributed by atoms with Crippen molar-refractivity contribution in [1.29, 1.82) is 0 Å². The van der Waals surface area contributed by atoms with Gasteiger partial charge in [-0.25, -0.2) is 22.9 Å². The number of rotatable bonds is 9. The number of phosphoric ester groups is 1. The number of alkyl halides is 1. The largest absolute Gasteiger partial charge is 0.490 e. The molecule has 1 aromatic heterocycles. The summed E-state index contributed by atoms with van der Waals surface area (Å²) in [6.45, 7) is -0.637. The minimum Gasteiger partial charge on any atom is -0.383 e. The highest BCUT2D eigenvalue weighted by Gasteiger charge is 2.49. The molecule has 2 rings (SSSR count). The molecule has 30 heavy (non-hydrogen) atoms. The molecule has 3 unspecified atom stereocenters. The molecule has 0 amide bonds. The Bertz CT molecular complexity index is 984. The number of hydrogen-bond acceptors (Lipinski definition) is 10. The van der Waals surface area contributed by atoms with E-state index in [9.17, 15) is 27.8 Å². The van der Waals surface area contributed by atoms with Gasteiger partial charge in [0.05, 0.1) is 6.61 Å². The van der Waals surface area contributed by atoms with Gasteiger partial charge in [0.25, 0.3) is 0 Å². The Morgan fingerprint density at radius 1 is 1.30 bits per heavy atom. The monoisotopic (exact) mass is 497 g/mol. The van der Waals surface area contributed by atoms with Gasteiger partial charge in [0.15, 0.2) is 0 Å². The van der Waals surface area contributed by atoms with E-state index in [-0.39, 0.29) is 12.2 Å². The summed E-state index contributed by atoms with van der Waals surface area (Å²) in [5.41, 5.74) is 2.77. The fourth-order valence-electron chi connectivity index (χ4n) is 2.78. The molecule has 6 N–H and O–H groups in total. The molecule has 1 aromatic rings. The first-order chi connectivity index (χ1) is 13.6. The topological polar surface area (TPSA) is 230 Å². The van der Waals surface area contributed by atoms with Gasteiger partial charge in [0.1, 0.15) is 24.3 Å². The third-order valence-corrected chi connectivity index (χ3v) is 7.61. The minimum atomic E-state index is -5.71. The fourth-order valence-corrected chi connectivity index (χ4v) is 5.87. The van der Waals surface area contributed by atoms with Crippen LogP contribution in [0.3, 0.4) is 0 Å². The average Bonchev–Trinajstić information content (AvgIpc) is 2.87. The first-order valence-electron chi connectivity index (χ1n) is 7.94. The number of halogens is 1. The van der Waals surface area contributed by atoms with Crippen molar-refractivity contribution in [3.05, 3.63) is 22.7 Å². The molecule has 2 heterocycles. The van der Waals surface area contributed by atoms with E-state index < -0.39 is 60.2 Å². The molecular formula is C11H19FN3O12P3. The number of phosphoric acid groups is 3. The van der Waals surface area contributed by atoms with Crippen molar-refractivity contribution in [3.8, 4) is 0 Å². The highest BCUT2D eigenvalue weighted by molar-refractivity contribution is 7.66. The van der Waals surface area contributed by atoms with Crippen molar-refractivity contribution in [2.45, 2.75) is 25.2 Å². The lowest BCUT2D eigenvalue weighted by molar-refractivity contribution is -0.111. The first kappa shape index (κ1) is 25.2. The second kappa shape index (κ2) is 8.85. The van der Waals surface area contributed by atoms with E-state index in [1.807, 2.05) is 0 Å². The molecule has 1 saturated heterocycles. The summed E-state index contributed by atoms with van der Waals surface area (Å²) in [6.07, 6.45) is 0.120. The van der Waals surface area contributed by atoms with Gasteiger partial charge in [-0.2, -0.15) is 13.6 Å². The van der Waals surface area contributed by atoms with Gasteiger partial charge < -0.3 is 30.0 Å². The Morgan fingerprint density at radius 3 is 2.47 bits per heavy atom. The van der Waals surface area contributed by atoms with Crippen molar-refractivity contribution >= 4 is 29.3 Å². The molecule has 19 heteroatoms. The van der Waals surface area contributed by atoms with Gasteiger partial charge in [0, 0.05) is 12.1 Å². The van der Waals surface area contributed by atoms with Gasteiger partial charge in [-0.15, -0.1) is 0 Å². The zero-order valence-corrected chi connectivity index (χ0v) is 17.9. The zero-order valence-electron chi connectivity index (χ0n) is 15.2. The van der Waals surface area contributed by atoms with E-state index in [4.69, 9.17) is 25.2 Å². The van der Waals surface area contributed by atoms with Crippen LogP contribution in [0.4, 0.5) is 10.2 Å². The van der Waals surface area contributed by atoms with Crippen LogP contribution in [0.1, 0.15) is 19.6 Å². The van der Waals surface area contributed by atoms with Gasteiger partial charge in [-0.05, 0) is 12.5 Å². The van der Waals surface area contributed by atoms with E-state index in [2.05, 4.69) is 18.1 Å². The quantitative estimate of drug-likeness (QED) is 0.291. The zero-order chi connectivity index (χ0) is 23.0. The minimum absolute atomic E-state index is 0.0497. The van der Waals surface area contributed by atoms with Gasteiger partial charge in [-0.3, -0.25) is 9.09 Å². The van der Waals surface area contributed by atoms with Gasteiger partial charge >= 0.3 is 29.2 Å². The van der Waals surface area contributed by atoms with Crippen molar-refractivity contribution in [3.63, 3.8) is 0 Å². The Balaban J connectivity index is 2.12. The highest BCUT2D eigenvalue weighted by Crippen LogP contribution is 2.66. The summed E-state index contributed by atoms with van der Waals surface area (Å²) in [5.74, 6) is -0.556. The van der Waals surface area contributed by atoms with E-state index >= 15 is 0 Å². The van der Waals surface area contributed by atoms with Crippen LogP contribution in [0, 0.1) is 5.92 Å². The smallest absolute Gasteiger partial charge is 0.383 e. The number of nitrogens with zero attached hydrogens (tertiary/aromatic N) is 2. The molecule has 1 fully saturated rings.